The van der Waals surface area contributed by atoms with Crippen molar-refractivity contribution in [3.05, 3.63) is 99.3 Å². The summed E-state index contributed by atoms with van der Waals surface area (Å²) in [7, 11) is 1.57. The molecular weight excluding hydrogens is 668 g/mol. The van der Waals surface area contributed by atoms with Crippen molar-refractivity contribution in [2.75, 3.05) is 20.2 Å². The fraction of sp³-hybridized carbons (Fsp3) is 0.316. The predicted molar refractivity (Wildman–Crippen MR) is 195 cm³/mol. The van der Waals surface area contributed by atoms with Gasteiger partial charge in [-0.2, -0.15) is 0 Å². The van der Waals surface area contributed by atoms with Crippen LogP contribution < -0.4 is 31.6 Å². The van der Waals surface area contributed by atoms with E-state index < -0.39 is 0 Å². The van der Waals surface area contributed by atoms with Crippen molar-refractivity contribution in [3.8, 4) is 39.4 Å². The van der Waals surface area contributed by atoms with Crippen molar-refractivity contribution in [2.24, 2.45) is 0 Å². The lowest BCUT2D eigenvalue weighted by molar-refractivity contribution is -0.120. The standard InChI is InChI=1S/C38H39ClN8O4/c1-22-27(23-13-14-47-33(15-23)43-17-24(38(47)50)16-40-18-25-9-11-34(48)44-25)5-3-6-28(22)29-7-4-8-30(36(29)39)31-21-42-32(37(46-31)51-2)20-41-19-26-10-12-35(49)45-26/h3-8,13-15,17,21,25-26,40-41H,9-12,16,18-20H2,1-2H3,(H,44,48)(H,45,49)/t25-,26+/m1/s1. The Kier molecular flexibility index (Phi) is 10.1. The van der Waals surface area contributed by atoms with E-state index in [9.17, 15) is 14.4 Å². The van der Waals surface area contributed by atoms with Crippen LogP contribution in [-0.2, 0) is 22.7 Å². The number of benzene rings is 2. The summed E-state index contributed by atoms with van der Waals surface area (Å²) in [5.41, 5.74) is 7.70. The van der Waals surface area contributed by atoms with Crippen molar-refractivity contribution in [3.63, 3.8) is 0 Å². The van der Waals surface area contributed by atoms with Crippen molar-refractivity contribution >= 4 is 29.1 Å². The summed E-state index contributed by atoms with van der Waals surface area (Å²) in [6.07, 6.45) is 7.79. The van der Waals surface area contributed by atoms with Crippen LogP contribution in [0, 0.1) is 6.92 Å². The van der Waals surface area contributed by atoms with Crippen LogP contribution in [0.1, 0.15) is 42.5 Å². The van der Waals surface area contributed by atoms with E-state index in [2.05, 4.69) is 38.2 Å². The SMILES string of the molecule is COc1nc(-c2cccc(-c3cccc(-c4ccn5c(=O)c(CNC[C@H]6CCC(=O)N6)cnc5c4)c3C)c2Cl)cnc1CNC[C@@H]1CCC(=O)N1. The summed E-state index contributed by atoms with van der Waals surface area (Å²) in [6.45, 7) is 4.11. The van der Waals surface area contributed by atoms with Crippen molar-refractivity contribution < 1.29 is 14.3 Å². The normalized spacial score (nSPS) is 17.2. The molecule has 2 saturated heterocycles. The van der Waals surface area contributed by atoms with Crippen LogP contribution in [0.5, 0.6) is 5.88 Å². The lowest BCUT2D eigenvalue weighted by atomic mass is 9.92. The lowest BCUT2D eigenvalue weighted by Crippen LogP contribution is -2.36. The van der Waals surface area contributed by atoms with Gasteiger partial charge in [0.2, 0.25) is 17.7 Å². The van der Waals surface area contributed by atoms with E-state index >= 15 is 0 Å². The molecule has 2 aromatic carbocycles. The number of ether oxygens (including phenoxy) is 1. The van der Waals surface area contributed by atoms with Gasteiger partial charge in [-0.05, 0) is 54.2 Å². The number of aromatic nitrogens is 4. The smallest absolute Gasteiger partial charge is 0.262 e. The average molecular weight is 707 g/mol. The highest BCUT2D eigenvalue weighted by molar-refractivity contribution is 6.36. The molecule has 4 N–H and O–H groups in total. The number of carbonyl (C=O) groups is 2. The molecule has 13 heteroatoms. The molecule has 2 aliphatic rings. The molecule has 7 rings (SSSR count). The molecular formula is C38H39ClN8O4. The van der Waals surface area contributed by atoms with E-state index in [0.717, 1.165) is 46.2 Å². The number of rotatable bonds is 12. The molecule has 2 atom stereocenters. The zero-order valence-electron chi connectivity index (χ0n) is 28.5. The van der Waals surface area contributed by atoms with Gasteiger partial charge in [0, 0.05) is 80.2 Å². The Labute approximate surface area is 300 Å². The summed E-state index contributed by atoms with van der Waals surface area (Å²) in [5.74, 6) is 0.557. The molecule has 5 aromatic rings. The van der Waals surface area contributed by atoms with Crippen LogP contribution in [0.4, 0.5) is 0 Å². The molecule has 0 spiro atoms. The van der Waals surface area contributed by atoms with Gasteiger partial charge < -0.3 is 26.0 Å². The van der Waals surface area contributed by atoms with Crippen LogP contribution in [0.3, 0.4) is 0 Å². The van der Waals surface area contributed by atoms with Gasteiger partial charge in [-0.1, -0.05) is 48.0 Å². The Balaban J connectivity index is 1.10. The second kappa shape index (κ2) is 15.0. The Morgan fingerprint density at radius 3 is 2.22 bits per heavy atom. The van der Waals surface area contributed by atoms with Gasteiger partial charge in [0.25, 0.3) is 5.56 Å². The Morgan fingerprint density at radius 1 is 0.863 bits per heavy atom. The Bertz CT molecular complexity index is 2190. The molecule has 51 heavy (non-hydrogen) atoms. The number of hydrogen-bond acceptors (Lipinski definition) is 9. The highest BCUT2D eigenvalue weighted by Crippen LogP contribution is 2.40. The molecule has 3 aromatic heterocycles. The van der Waals surface area contributed by atoms with Gasteiger partial charge >= 0.3 is 0 Å². The molecule has 0 radical (unpaired) electrons. The summed E-state index contributed by atoms with van der Waals surface area (Å²) >= 11 is 7.11. The quantitative estimate of drug-likeness (QED) is 0.150. The molecule has 12 nitrogen and oxygen atoms in total. The third kappa shape index (κ3) is 7.34. The first-order chi connectivity index (χ1) is 24.8. The van der Waals surface area contributed by atoms with Crippen molar-refractivity contribution in [2.45, 2.75) is 57.8 Å². The number of fused-ring (bicyclic) bond motifs is 1. The van der Waals surface area contributed by atoms with Gasteiger partial charge in [0.1, 0.15) is 11.3 Å². The maximum atomic E-state index is 13.3. The summed E-state index contributed by atoms with van der Waals surface area (Å²) in [6, 6.07) is 16.0. The van der Waals surface area contributed by atoms with E-state index in [1.165, 1.54) is 0 Å². The number of carbonyl (C=O) groups excluding carboxylic acids is 2. The van der Waals surface area contributed by atoms with Crippen molar-refractivity contribution in [1.29, 1.82) is 0 Å². The number of nitrogens with one attached hydrogen (secondary N) is 4. The first kappa shape index (κ1) is 34.3. The molecule has 0 saturated carbocycles. The van der Waals surface area contributed by atoms with Gasteiger partial charge in [-0.15, -0.1) is 0 Å². The molecule has 2 fully saturated rings. The van der Waals surface area contributed by atoms with Gasteiger partial charge in [0.05, 0.1) is 24.0 Å². The fourth-order valence-electron chi connectivity index (χ4n) is 6.80. The minimum atomic E-state index is -0.133. The second-order valence-electron chi connectivity index (χ2n) is 13.0. The highest BCUT2D eigenvalue weighted by Gasteiger charge is 2.22. The van der Waals surface area contributed by atoms with E-state index in [1.807, 2.05) is 48.5 Å². The van der Waals surface area contributed by atoms with Crippen LogP contribution in [0.15, 0.2) is 71.9 Å². The molecule has 0 aliphatic carbocycles. The number of hydrogen-bond donors (Lipinski definition) is 4. The number of amides is 2. The van der Waals surface area contributed by atoms with Crippen LogP contribution in [0.2, 0.25) is 5.02 Å². The summed E-state index contributed by atoms with van der Waals surface area (Å²) in [4.78, 5) is 50.3. The predicted octanol–water partition coefficient (Wildman–Crippen LogP) is 4.19. The highest BCUT2D eigenvalue weighted by atomic mass is 35.5. The van der Waals surface area contributed by atoms with Crippen LogP contribution >= 0.6 is 11.6 Å². The lowest BCUT2D eigenvalue weighted by Gasteiger charge is -2.16. The molecule has 0 bridgehead atoms. The third-order valence-electron chi connectivity index (χ3n) is 9.55. The average Bonchev–Trinajstić information content (AvgIpc) is 3.76. The van der Waals surface area contributed by atoms with Crippen LogP contribution in [0.25, 0.3) is 39.2 Å². The monoisotopic (exact) mass is 706 g/mol. The largest absolute Gasteiger partial charge is 0.480 e. The zero-order chi connectivity index (χ0) is 35.5. The fourth-order valence-corrected chi connectivity index (χ4v) is 7.12. The number of halogens is 1. The summed E-state index contributed by atoms with van der Waals surface area (Å²) in [5, 5.41) is 13.0. The minimum absolute atomic E-state index is 0.0678. The van der Waals surface area contributed by atoms with E-state index in [-0.39, 0.29) is 29.5 Å². The molecule has 0 unspecified atom stereocenters. The molecule has 2 amide bonds. The van der Waals surface area contributed by atoms with Crippen LogP contribution in [-0.4, -0.2) is 63.4 Å². The molecule has 5 heterocycles. The number of pyridine rings is 1. The zero-order valence-corrected chi connectivity index (χ0v) is 29.2. The third-order valence-corrected chi connectivity index (χ3v) is 9.96. The Morgan fingerprint density at radius 2 is 1.53 bits per heavy atom. The topological polar surface area (TPSA) is 152 Å². The first-order valence-electron chi connectivity index (χ1n) is 17.1. The first-order valence-corrected chi connectivity index (χ1v) is 17.5. The van der Waals surface area contributed by atoms with E-state index in [1.54, 1.807) is 30.1 Å². The van der Waals surface area contributed by atoms with Crippen molar-refractivity contribution in [1.82, 2.24) is 40.6 Å². The minimum Gasteiger partial charge on any atom is -0.480 e. The molecule has 262 valence electrons. The maximum Gasteiger partial charge on any atom is 0.262 e. The maximum absolute atomic E-state index is 13.3. The Hall–Kier alpha value is -5.17. The number of nitrogens with zero attached hydrogens (tertiary/aromatic N) is 4. The van der Waals surface area contributed by atoms with E-state index in [0.29, 0.717) is 72.5 Å². The second-order valence-corrected chi connectivity index (χ2v) is 13.3. The van der Waals surface area contributed by atoms with Gasteiger partial charge in [-0.25, -0.2) is 9.97 Å². The molecule has 2 aliphatic heterocycles. The van der Waals surface area contributed by atoms with Gasteiger partial charge in [-0.3, -0.25) is 23.8 Å². The van der Waals surface area contributed by atoms with Gasteiger partial charge in [0.15, 0.2) is 0 Å². The number of methoxy groups -OCH3 is 1. The summed E-state index contributed by atoms with van der Waals surface area (Å²) < 4.78 is 7.16. The van der Waals surface area contributed by atoms with E-state index in [4.69, 9.17) is 21.3 Å².